The maximum absolute atomic E-state index is 12.4. The lowest BCUT2D eigenvalue weighted by Crippen LogP contribution is -2.33. The molecule has 112 heavy (non-hydrogen) atoms. The van der Waals surface area contributed by atoms with Crippen LogP contribution >= 0.6 is 11.8 Å². The lowest BCUT2D eigenvalue weighted by Gasteiger charge is -2.26. The smallest absolute Gasteiger partial charge is 0.323 e. The van der Waals surface area contributed by atoms with Gasteiger partial charge in [0.15, 0.2) is 11.7 Å². The van der Waals surface area contributed by atoms with E-state index in [1.807, 2.05) is 93.6 Å². The van der Waals surface area contributed by atoms with Gasteiger partial charge in [-0.2, -0.15) is 5.10 Å². The van der Waals surface area contributed by atoms with Crippen LogP contribution in [0.1, 0.15) is 192 Å². The number of hydrogen-bond donors (Lipinski definition) is 7. The number of ether oxygens (including phenoxy) is 3. The van der Waals surface area contributed by atoms with Crippen molar-refractivity contribution in [1.82, 2.24) is 30.2 Å². The summed E-state index contributed by atoms with van der Waals surface area (Å²) in [7, 11) is 0. The number of carbonyl (C=O) groups excluding carboxylic acids is 2. The fourth-order valence-electron chi connectivity index (χ4n) is 12.5. The molecule has 0 aliphatic rings. The number of rotatable bonds is 36. The van der Waals surface area contributed by atoms with Crippen molar-refractivity contribution >= 4 is 108 Å². The number of anilines is 4. The van der Waals surface area contributed by atoms with Crippen LogP contribution in [0.15, 0.2) is 202 Å². The molecule has 20 heteroatoms. The van der Waals surface area contributed by atoms with Gasteiger partial charge in [0.1, 0.15) is 39.7 Å². The van der Waals surface area contributed by atoms with Crippen molar-refractivity contribution in [3.8, 4) is 17.2 Å². The number of aromatic nitrogens is 3. The molecule has 4 aromatic heterocycles. The Bertz CT molecular complexity index is 4680. The van der Waals surface area contributed by atoms with E-state index < -0.39 is 0 Å². The number of nitrogens with one attached hydrogen (secondary N) is 5. The van der Waals surface area contributed by atoms with Gasteiger partial charge in [-0.3, -0.25) is 25.6 Å². The van der Waals surface area contributed by atoms with E-state index in [9.17, 15) is 9.59 Å². The number of nitrogens with two attached hydrogens (primary N) is 2. The molecular weight excluding hydrogens is 1420 g/mol. The summed E-state index contributed by atoms with van der Waals surface area (Å²) in [5.74, 6) is 4.04. The molecule has 0 fully saturated rings. The Morgan fingerprint density at radius 1 is 0.491 bits per heavy atom. The minimum atomic E-state index is -0.365. The number of unbranched alkanes of at least 4 members (excludes halogenated alkanes) is 11. The Hall–Kier alpha value is -11.0. The highest BCUT2D eigenvalue weighted by atomic mass is 32.2. The summed E-state index contributed by atoms with van der Waals surface area (Å²) in [6.07, 6.45) is 23.3. The van der Waals surface area contributed by atoms with E-state index in [2.05, 4.69) is 160 Å². The number of furan rings is 1. The van der Waals surface area contributed by atoms with Gasteiger partial charge in [-0.15, -0.1) is 0 Å². The zero-order valence-corrected chi connectivity index (χ0v) is 67.4. The Balaban J connectivity index is 0.000000207. The second-order valence-corrected chi connectivity index (χ2v) is 28.6. The van der Waals surface area contributed by atoms with E-state index in [-0.39, 0.29) is 26.0 Å². The van der Waals surface area contributed by atoms with Gasteiger partial charge in [0, 0.05) is 99.2 Å². The molecule has 0 saturated carbocycles. The van der Waals surface area contributed by atoms with Crippen LogP contribution in [-0.4, -0.2) is 101 Å². The van der Waals surface area contributed by atoms with Gasteiger partial charge >= 0.3 is 6.03 Å². The zero-order chi connectivity index (χ0) is 79.1. The lowest BCUT2D eigenvalue weighted by molar-refractivity contribution is -0.123. The molecule has 4 heterocycles. The molecular formula is C92H119N13O6S. The minimum Gasteiger partial charge on any atom is -0.493 e. The van der Waals surface area contributed by atoms with Gasteiger partial charge in [0.25, 0.3) is 5.91 Å². The molecule has 11 aromatic rings. The van der Waals surface area contributed by atoms with Gasteiger partial charge < -0.3 is 50.5 Å². The average Bonchev–Trinajstić information content (AvgIpc) is 1.16. The van der Waals surface area contributed by atoms with Crippen molar-refractivity contribution in [2.45, 2.75) is 189 Å². The van der Waals surface area contributed by atoms with Crippen molar-refractivity contribution in [2.24, 2.45) is 5.10 Å². The van der Waals surface area contributed by atoms with Crippen LogP contribution in [0.3, 0.4) is 0 Å². The highest BCUT2D eigenvalue weighted by molar-refractivity contribution is 7.99. The van der Waals surface area contributed by atoms with Crippen LogP contribution in [0, 0.1) is 31.6 Å². The molecule has 7 aromatic carbocycles. The zero-order valence-electron chi connectivity index (χ0n) is 66.6. The fraction of sp³-hybridized carbons (Fsp3) is 0.370. The summed E-state index contributed by atoms with van der Waals surface area (Å²) in [5, 5.41) is 35.0. The quantitative estimate of drug-likeness (QED) is 0.00833. The topological polar surface area (TPSA) is 268 Å². The third kappa shape index (κ3) is 27.8. The van der Waals surface area contributed by atoms with Crippen LogP contribution in [0.25, 0.3) is 43.4 Å². The number of nitrogen functional groups attached to an aromatic ring is 2. The molecule has 0 spiro atoms. The Kier molecular flexibility index (Phi) is 37.8. The van der Waals surface area contributed by atoms with E-state index in [1.54, 1.807) is 36.5 Å². The van der Waals surface area contributed by atoms with Crippen LogP contribution in [0.2, 0.25) is 0 Å². The van der Waals surface area contributed by atoms with Crippen molar-refractivity contribution in [1.29, 1.82) is 10.8 Å². The molecule has 0 aliphatic carbocycles. The van der Waals surface area contributed by atoms with E-state index >= 15 is 0 Å². The largest absolute Gasteiger partial charge is 0.493 e. The number of amidine groups is 2. The molecule has 19 nitrogen and oxygen atoms in total. The van der Waals surface area contributed by atoms with Crippen LogP contribution in [0.4, 0.5) is 27.5 Å². The summed E-state index contributed by atoms with van der Waals surface area (Å²) in [5.41, 5.74) is 23.3. The van der Waals surface area contributed by atoms with Crippen LogP contribution in [0.5, 0.6) is 17.2 Å². The molecule has 594 valence electrons. The number of carbonyl (C=O) groups is 2. The summed E-state index contributed by atoms with van der Waals surface area (Å²) in [6.45, 7) is 24.3. The van der Waals surface area contributed by atoms with Gasteiger partial charge in [0.05, 0.1) is 30.5 Å². The van der Waals surface area contributed by atoms with Gasteiger partial charge in [-0.25, -0.2) is 15.2 Å². The maximum Gasteiger partial charge on any atom is 0.323 e. The minimum absolute atomic E-state index is 0. The molecule has 0 aliphatic heterocycles. The molecule has 0 radical (unpaired) electrons. The monoisotopic (exact) mass is 1530 g/mol. The van der Waals surface area contributed by atoms with E-state index in [4.69, 9.17) is 40.9 Å². The summed E-state index contributed by atoms with van der Waals surface area (Å²) in [6, 6.07) is 55.9. The predicted molar refractivity (Wildman–Crippen MR) is 469 cm³/mol. The Morgan fingerprint density at radius 3 is 1.44 bits per heavy atom. The average molecular weight is 1540 g/mol. The number of para-hydroxylation sites is 1. The first-order valence-corrected chi connectivity index (χ1v) is 40.4. The van der Waals surface area contributed by atoms with Crippen LogP contribution < -0.4 is 41.7 Å². The maximum atomic E-state index is 12.4. The standard InChI is InChI=1S/C26H40N2O.C25H38N2O.C21H20N6O.C19H17N3O3S.CH4/c1-4-7-10-14-21-29-25-18-17-24(22-15-11-12-16-23(22)25)26(27)28(19-9-6-3)20-13-8-5-2;1-4-7-10-13-20-28-24-17-16-23(21-14-11-12-15-22(21)24)25(26)27(18-8-5-2)19-9-6-3;1-11-7-17(22)15-9-13(3-5-19(15)24-11)26-21(28)27-14-4-6-20-16(10-14)18(23)8-12(2)25-20;1-14-6-2-3-7-16(14)24-13-17(23)22-21-12-15-9-10-19(25-15)26-18-8-4-5-11-20-18;/h11-12,15-18,27H,4-10,13-14,19-21H2,1-3H3;11-12,14-17,26H,4-10,13,18-20H2,1-3H3;3-10H,1-2H3,(H2,22,24)(H2,23,25)(H2,26,27,28);2-12H,13H2,1H3,(H,22,23);1H4/b;;;21-12+;. The number of urea groups is 1. The Morgan fingerprint density at radius 2 is 0.955 bits per heavy atom. The molecule has 0 unspecified atom stereocenters. The number of aryl methyl sites for hydroxylation is 3. The molecule has 9 N–H and O–H groups in total. The third-order valence-electron chi connectivity index (χ3n) is 18.5. The first-order chi connectivity index (χ1) is 54.0. The van der Waals surface area contributed by atoms with Crippen LogP contribution in [-0.2, 0) is 4.79 Å². The number of amides is 3. The molecule has 0 saturated heterocycles. The summed E-state index contributed by atoms with van der Waals surface area (Å²) >= 11 is 1.41. The Labute approximate surface area is 668 Å². The third-order valence-corrected chi connectivity index (χ3v) is 19.4. The molecule has 0 atom stereocenters. The van der Waals surface area contributed by atoms with Gasteiger partial charge in [-0.1, -0.05) is 192 Å². The molecule has 11 rings (SSSR count). The number of hydrazone groups is 1. The number of benzene rings is 7. The van der Waals surface area contributed by atoms with Gasteiger partial charge in [0.2, 0.25) is 0 Å². The van der Waals surface area contributed by atoms with Crippen molar-refractivity contribution in [2.75, 3.05) is 68.1 Å². The second-order valence-electron chi connectivity index (χ2n) is 27.6. The molecule has 0 bridgehead atoms. The van der Waals surface area contributed by atoms with Crippen molar-refractivity contribution in [3.05, 3.63) is 216 Å². The van der Waals surface area contributed by atoms with E-state index in [0.717, 1.165) is 185 Å². The summed E-state index contributed by atoms with van der Waals surface area (Å²) < 4.78 is 23.3. The second kappa shape index (κ2) is 47.9. The predicted octanol–water partition coefficient (Wildman–Crippen LogP) is 23.0. The number of nitrogens with zero attached hydrogens (tertiary/aromatic N) is 6. The highest BCUT2D eigenvalue weighted by Gasteiger charge is 2.19. The molecule has 3 amide bonds. The van der Waals surface area contributed by atoms with E-state index in [1.165, 1.54) is 69.3 Å². The normalized spacial score (nSPS) is 10.8. The number of fused-ring (bicyclic) bond motifs is 4. The number of hydrogen-bond acceptors (Lipinski definition) is 15. The fourth-order valence-corrected chi connectivity index (χ4v) is 13.2. The first-order valence-electron chi connectivity index (χ1n) is 39.6. The van der Waals surface area contributed by atoms with Gasteiger partial charge in [-0.05, 0) is 191 Å². The van der Waals surface area contributed by atoms with E-state index in [0.29, 0.717) is 51.0 Å². The SMILES string of the molecule is C.CCCCCCOc1ccc(C(=N)N(CCCC)CCCC)c2ccccc12.CCCCCCOc1ccc(C(=N)N(CCCC)CCCCC)c2ccccc12.Cc1cc(N)c2cc(NC(=O)Nc3ccc4nc(C)cc(N)c4c3)ccc2n1.Cc1ccccc1OCC(=O)N/N=C/c1ccc(Sc2ccccn2)o1. The van der Waals surface area contributed by atoms with Crippen molar-refractivity contribution < 1.29 is 28.2 Å². The number of pyridine rings is 3. The summed E-state index contributed by atoms with van der Waals surface area (Å²) in [4.78, 5) is 41.8. The highest BCUT2D eigenvalue weighted by Crippen LogP contribution is 2.34. The lowest BCUT2D eigenvalue weighted by atomic mass is 10.0. The first kappa shape index (κ1) is 88.2. The van der Waals surface area contributed by atoms with Crippen molar-refractivity contribution in [3.63, 3.8) is 0 Å².